The first kappa shape index (κ1) is 20.6. The van der Waals surface area contributed by atoms with E-state index in [1.54, 1.807) is 15.4 Å². The molecular formula is C26H24N6O2. The van der Waals surface area contributed by atoms with E-state index in [1.807, 2.05) is 67.7 Å². The summed E-state index contributed by atoms with van der Waals surface area (Å²) in [5.74, 6) is 1.34. The minimum Gasteiger partial charge on any atom is -0.453 e. The zero-order valence-corrected chi connectivity index (χ0v) is 18.8. The lowest BCUT2D eigenvalue weighted by molar-refractivity contribution is 0.333. The summed E-state index contributed by atoms with van der Waals surface area (Å²) >= 11 is 0. The van der Waals surface area contributed by atoms with E-state index in [4.69, 9.17) is 9.84 Å². The number of hydrogen-bond donors (Lipinski definition) is 1. The number of para-hydroxylation sites is 1. The summed E-state index contributed by atoms with van der Waals surface area (Å²) in [5, 5.41) is 14.1. The Balaban J connectivity index is 1.43. The van der Waals surface area contributed by atoms with E-state index in [0.29, 0.717) is 16.8 Å². The van der Waals surface area contributed by atoms with Crippen molar-refractivity contribution in [3.8, 4) is 22.8 Å². The fourth-order valence-corrected chi connectivity index (χ4v) is 4.53. The first-order valence-electron chi connectivity index (χ1n) is 11.5. The number of hydrogen-bond acceptors (Lipinski definition) is 6. The largest absolute Gasteiger partial charge is 0.453 e. The van der Waals surface area contributed by atoms with Crippen LogP contribution in [0.5, 0.6) is 11.5 Å². The van der Waals surface area contributed by atoms with Crippen LogP contribution in [0, 0.1) is 6.92 Å². The van der Waals surface area contributed by atoms with Gasteiger partial charge < -0.3 is 10.1 Å². The normalized spacial score (nSPS) is 14.6. The third-order valence-electron chi connectivity index (χ3n) is 6.24. The van der Waals surface area contributed by atoms with Gasteiger partial charge in [0.1, 0.15) is 5.75 Å². The monoisotopic (exact) mass is 452 g/mol. The van der Waals surface area contributed by atoms with Crippen molar-refractivity contribution in [3.63, 3.8) is 0 Å². The van der Waals surface area contributed by atoms with E-state index < -0.39 is 0 Å². The zero-order chi connectivity index (χ0) is 23.1. The molecule has 34 heavy (non-hydrogen) atoms. The molecular weight excluding hydrogens is 428 g/mol. The highest BCUT2D eigenvalue weighted by molar-refractivity contribution is 5.85. The number of benzene rings is 2. The Kier molecular flexibility index (Phi) is 5.07. The molecule has 0 aliphatic carbocycles. The van der Waals surface area contributed by atoms with Crippen LogP contribution in [0.15, 0.2) is 71.8 Å². The van der Waals surface area contributed by atoms with Crippen molar-refractivity contribution in [2.45, 2.75) is 25.8 Å². The van der Waals surface area contributed by atoms with Crippen LogP contribution >= 0.6 is 0 Å². The molecule has 0 saturated carbocycles. The summed E-state index contributed by atoms with van der Waals surface area (Å²) in [6, 6.07) is 17.4. The van der Waals surface area contributed by atoms with E-state index in [1.165, 1.54) is 0 Å². The van der Waals surface area contributed by atoms with Crippen LogP contribution in [-0.2, 0) is 0 Å². The number of ether oxygens (including phenoxy) is 1. The Labute approximate surface area is 195 Å². The van der Waals surface area contributed by atoms with Gasteiger partial charge in [-0.2, -0.15) is 10.2 Å². The number of fused-ring (bicyclic) bond motifs is 2. The van der Waals surface area contributed by atoms with Crippen LogP contribution in [0.1, 0.15) is 24.6 Å². The van der Waals surface area contributed by atoms with Gasteiger partial charge in [0.15, 0.2) is 11.4 Å². The fraction of sp³-hybridized carbons (Fsp3) is 0.231. The van der Waals surface area contributed by atoms with Crippen molar-refractivity contribution in [1.82, 2.24) is 29.7 Å². The van der Waals surface area contributed by atoms with Crippen molar-refractivity contribution in [3.05, 3.63) is 83.0 Å². The summed E-state index contributed by atoms with van der Waals surface area (Å²) in [6.45, 7) is 3.74. The Bertz CT molecular complexity index is 1550. The number of aryl methyl sites for hydroxylation is 1. The standard InChI is InChI=1S/C26H24N6O2/c1-17-16-31-25(29-17)24(34-21-5-3-2-4-6-21)14-23(30-31)18-7-8-22-19(13-18)15-28-32(26(22)33)20-9-11-27-12-10-20/h2-8,13-16,20,27H,9-12H2,1H3. The Hall–Kier alpha value is -4.04. The SMILES string of the molecule is Cc1cn2nc(-c3ccc4c(=O)n(C5CCNCC5)ncc4c3)cc(Oc3ccccc3)c2n1. The Morgan fingerprint density at radius 3 is 2.71 bits per heavy atom. The highest BCUT2D eigenvalue weighted by Gasteiger charge is 2.19. The van der Waals surface area contributed by atoms with Gasteiger partial charge >= 0.3 is 0 Å². The van der Waals surface area contributed by atoms with Gasteiger partial charge in [-0.05, 0) is 57.1 Å². The lowest BCUT2D eigenvalue weighted by Crippen LogP contribution is -2.35. The molecule has 2 aromatic carbocycles. The predicted octanol–water partition coefficient (Wildman–Crippen LogP) is 4.13. The van der Waals surface area contributed by atoms with Crippen molar-refractivity contribution in [2.75, 3.05) is 13.1 Å². The average Bonchev–Trinajstić information content (AvgIpc) is 3.26. The van der Waals surface area contributed by atoms with Gasteiger partial charge in [0.05, 0.1) is 35.2 Å². The van der Waals surface area contributed by atoms with Gasteiger partial charge in [-0.3, -0.25) is 4.79 Å². The second-order valence-corrected chi connectivity index (χ2v) is 8.64. The number of imidazole rings is 1. The van der Waals surface area contributed by atoms with E-state index in [0.717, 1.165) is 54.0 Å². The van der Waals surface area contributed by atoms with Gasteiger partial charge in [-0.15, -0.1) is 0 Å². The molecule has 0 atom stereocenters. The summed E-state index contributed by atoms with van der Waals surface area (Å²) in [7, 11) is 0. The topological polar surface area (TPSA) is 86.3 Å². The lowest BCUT2D eigenvalue weighted by Gasteiger charge is -2.23. The van der Waals surface area contributed by atoms with E-state index in [2.05, 4.69) is 15.4 Å². The van der Waals surface area contributed by atoms with Gasteiger partial charge in [-0.25, -0.2) is 14.2 Å². The molecule has 1 fully saturated rings. The molecule has 5 aromatic rings. The van der Waals surface area contributed by atoms with E-state index >= 15 is 0 Å². The number of nitrogens with zero attached hydrogens (tertiary/aromatic N) is 5. The molecule has 0 bridgehead atoms. The highest BCUT2D eigenvalue weighted by Crippen LogP contribution is 2.30. The maximum atomic E-state index is 13.1. The first-order valence-corrected chi connectivity index (χ1v) is 11.5. The molecule has 8 nitrogen and oxygen atoms in total. The van der Waals surface area contributed by atoms with Crippen molar-refractivity contribution >= 4 is 16.4 Å². The first-order chi connectivity index (χ1) is 16.7. The molecule has 0 radical (unpaired) electrons. The number of nitrogens with one attached hydrogen (secondary N) is 1. The van der Waals surface area contributed by atoms with Gasteiger partial charge in [0, 0.05) is 17.0 Å². The molecule has 170 valence electrons. The van der Waals surface area contributed by atoms with Crippen LogP contribution in [0.3, 0.4) is 0 Å². The smallest absolute Gasteiger partial charge is 0.274 e. The minimum atomic E-state index is -0.0438. The maximum absolute atomic E-state index is 13.1. The van der Waals surface area contributed by atoms with Crippen LogP contribution in [-0.4, -0.2) is 37.5 Å². The molecule has 1 saturated heterocycles. The highest BCUT2D eigenvalue weighted by atomic mass is 16.5. The third kappa shape index (κ3) is 3.72. The molecule has 0 spiro atoms. The van der Waals surface area contributed by atoms with Crippen molar-refractivity contribution in [1.29, 1.82) is 0 Å². The van der Waals surface area contributed by atoms with Gasteiger partial charge in [0.25, 0.3) is 5.56 Å². The molecule has 1 aliphatic heterocycles. The maximum Gasteiger partial charge on any atom is 0.274 e. The Morgan fingerprint density at radius 2 is 1.88 bits per heavy atom. The summed E-state index contributed by atoms with van der Waals surface area (Å²) in [6.07, 6.45) is 5.48. The molecule has 1 aliphatic rings. The molecule has 6 rings (SSSR count). The zero-order valence-electron chi connectivity index (χ0n) is 18.8. The molecule has 4 heterocycles. The van der Waals surface area contributed by atoms with Crippen molar-refractivity contribution in [2.24, 2.45) is 0 Å². The van der Waals surface area contributed by atoms with Crippen LogP contribution < -0.4 is 15.6 Å². The number of aromatic nitrogens is 5. The van der Waals surface area contributed by atoms with Crippen LogP contribution in [0.25, 0.3) is 27.7 Å². The van der Waals surface area contributed by atoms with Crippen LogP contribution in [0.2, 0.25) is 0 Å². The quantitative estimate of drug-likeness (QED) is 0.441. The van der Waals surface area contributed by atoms with E-state index in [9.17, 15) is 4.79 Å². The summed E-state index contributed by atoms with van der Waals surface area (Å²) < 4.78 is 9.55. The summed E-state index contributed by atoms with van der Waals surface area (Å²) in [5.41, 5.74) is 3.05. The average molecular weight is 453 g/mol. The van der Waals surface area contributed by atoms with Gasteiger partial charge in [-0.1, -0.05) is 24.3 Å². The minimum absolute atomic E-state index is 0.0438. The van der Waals surface area contributed by atoms with Gasteiger partial charge in [0.2, 0.25) is 0 Å². The molecule has 8 heteroatoms. The Morgan fingerprint density at radius 1 is 1.06 bits per heavy atom. The predicted molar refractivity (Wildman–Crippen MR) is 130 cm³/mol. The third-order valence-corrected chi connectivity index (χ3v) is 6.24. The lowest BCUT2D eigenvalue weighted by atomic mass is 10.1. The van der Waals surface area contributed by atoms with Crippen molar-refractivity contribution < 1.29 is 4.74 Å². The number of rotatable bonds is 4. The second-order valence-electron chi connectivity index (χ2n) is 8.64. The fourth-order valence-electron chi connectivity index (χ4n) is 4.53. The molecule has 1 N–H and O–H groups in total. The molecule has 0 amide bonds. The molecule has 0 unspecified atom stereocenters. The summed E-state index contributed by atoms with van der Waals surface area (Å²) in [4.78, 5) is 17.7. The van der Waals surface area contributed by atoms with Crippen LogP contribution in [0.4, 0.5) is 0 Å². The number of piperidine rings is 1. The molecule has 3 aromatic heterocycles. The van der Waals surface area contributed by atoms with E-state index in [-0.39, 0.29) is 11.6 Å². The second kappa shape index (κ2) is 8.39.